The van der Waals surface area contributed by atoms with Gasteiger partial charge in [0.25, 0.3) is 0 Å². The van der Waals surface area contributed by atoms with Gasteiger partial charge < -0.3 is 0 Å². The zero-order valence-electron chi connectivity index (χ0n) is 11.5. The highest BCUT2D eigenvalue weighted by Crippen LogP contribution is 2.50. The van der Waals surface area contributed by atoms with E-state index in [1.54, 1.807) is 0 Å². The van der Waals surface area contributed by atoms with Gasteiger partial charge in [0.15, 0.2) is 0 Å². The molecule has 4 unspecified atom stereocenters. The molecule has 0 amide bonds. The van der Waals surface area contributed by atoms with Gasteiger partial charge in [0.1, 0.15) is 0 Å². The van der Waals surface area contributed by atoms with Crippen LogP contribution in [0.4, 0.5) is 0 Å². The number of nitrogens with one attached hydrogen (secondary N) is 1. The molecule has 2 saturated carbocycles. The smallest absolute Gasteiger partial charge is 0.0304 e. The molecule has 2 fully saturated rings. The number of rotatable bonds is 5. The molecule has 3 N–H and O–H groups in total. The Morgan fingerprint density at radius 1 is 1.29 bits per heavy atom. The Labute approximate surface area is 110 Å². The van der Waals surface area contributed by atoms with E-state index in [0.29, 0.717) is 10.8 Å². The van der Waals surface area contributed by atoms with E-state index in [4.69, 9.17) is 5.84 Å². The molecule has 0 aliphatic heterocycles. The molecule has 2 aliphatic rings. The molecule has 0 aromatic rings. The quantitative estimate of drug-likeness (QED) is 0.586. The molecule has 0 aromatic heterocycles. The van der Waals surface area contributed by atoms with Crippen LogP contribution in [0.3, 0.4) is 0 Å². The molecule has 100 valence electrons. The highest BCUT2D eigenvalue weighted by atomic mass is 32.2. The van der Waals surface area contributed by atoms with Gasteiger partial charge in [-0.05, 0) is 43.4 Å². The minimum Gasteiger partial charge on any atom is -0.271 e. The molecule has 2 aliphatic carbocycles. The number of fused-ring (bicyclic) bond motifs is 2. The second kappa shape index (κ2) is 5.50. The van der Waals surface area contributed by atoms with Crippen molar-refractivity contribution in [2.75, 3.05) is 5.75 Å². The minimum atomic E-state index is 0.351. The topological polar surface area (TPSA) is 38.0 Å². The summed E-state index contributed by atoms with van der Waals surface area (Å²) in [6, 6.07) is 0.503. The van der Waals surface area contributed by atoms with Crippen LogP contribution in [0, 0.1) is 17.8 Å². The van der Waals surface area contributed by atoms with Gasteiger partial charge in [0, 0.05) is 16.5 Å². The normalized spacial score (nSPS) is 34.2. The largest absolute Gasteiger partial charge is 0.271 e. The predicted octanol–water partition coefficient (Wildman–Crippen LogP) is 3.18. The first-order valence-corrected chi connectivity index (χ1v) is 8.06. The van der Waals surface area contributed by atoms with Crippen LogP contribution >= 0.6 is 11.8 Å². The Kier molecular flexibility index (Phi) is 4.43. The van der Waals surface area contributed by atoms with Crippen molar-refractivity contribution >= 4 is 11.8 Å². The van der Waals surface area contributed by atoms with Gasteiger partial charge in [-0.3, -0.25) is 11.3 Å². The number of nitrogens with two attached hydrogens (primary N) is 1. The van der Waals surface area contributed by atoms with Crippen molar-refractivity contribution in [2.24, 2.45) is 23.6 Å². The van der Waals surface area contributed by atoms with Crippen LogP contribution in [0.15, 0.2) is 0 Å². The summed E-state index contributed by atoms with van der Waals surface area (Å²) in [5.74, 6) is 9.89. The van der Waals surface area contributed by atoms with Crippen LogP contribution in [0.1, 0.15) is 52.9 Å². The van der Waals surface area contributed by atoms with Gasteiger partial charge in [-0.15, -0.1) is 0 Å². The molecule has 17 heavy (non-hydrogen) atoms. The van der Waals surface area contributed by atoms with Crippen LogP contribution < -0.4 is 11.3 Å². The van der Waals surface area contributed by atoms with Crippen LogP contribution in [0.25, 0.3) is 0 Å². The first-order chi connectivity index (χ1) is 7.98. The summed E-state index contributed by atoms with van der Waals surface area (Å²) >= 11 is 2.03. The average Bonchev–Trinajstić information content (AvgIpc) is 2.84. The van der Waals surface area contributed by atoms with Crippen molar-refractivity contribution < 1.29 is 0 Å². The Morgan fingerprint density at radius 3 is 2.53 bits per heavy atom. The summed E-state index contributed by atoms with van der Waals surface area (Å²) in [4.78, 5) is 0. The van der Waals surface area contributed by atoms with E-state index in [1.807, 2.05) is 11.8 Å². The SMILES string of the molecule is CC(C)(C)SCC(CC1CC2CCC1C2)NN. The van der Waals surface area contributed by atoms with Gasteiger partial charge in [0.2, 0.25) is 0 Å². The van der Waals surface area contributed by atoms with Crippen LogP contribution in [-0.4, -0.2) is 16.5 Å². The third-order valence-corrected chi connectivity index (χ3v) is 5.86. The van der Waals surface area contributed by atoms with E-state index in [9.17, 15) is 0 Å². The Bertz CT molecular complexity index is 249. The molecule has 2 nitrogen and oxygen atoms in total. The summed E-state index contributed by atoms with van der Waals surface area (Å²) in [5, 5.41) is 0. The van der Waals surface area contributed by atoms with E-state index in [1.165, 1.54) is 32.1 Å². The lowest BCUT2D eigenvalue weighted by atomic mass is 9.84. The van der Waals surface area contributed by atoms with Gasteiger partial charge in [-0.2, -0.15) is 11.8 Å². The van der Waals surface area contributed by atoms with Gasteiger partial charge >= 0.3 is 0 Å². The second-order valence-corrected chi connectivity index (χ2v) is 8.80. The molecule has 2 bridgehead atoms. The molecule has 3 heteroatoms. The monoisotopic (exact) mass is 256 g/mol. The first-order valence-electron chi connectivity index (χ1n) is 7.08. The van der Waals surface area contributed by atoms with Crippen molar-refractivity contribution in [1.29, 1.82) is 0 Å². The van der Waals surface area contributed by atoms with Crippen molar-refractivity contribution in [3.05, 3.63) is 0 Å². The van der Waals surface area contributed by atoms with E-state index in [0.717, 1.165) is 23.5 Å². The Morgan fingerprint density at radius 2 is 2.06 bits per heavy atom. The summed E-state index contributed by atoms with van der Waals surface area (Å²) in [6.45, 7) is 6.84. The highest BCUT2D eigenvalue weighted by molar-refractivity contribution is 8.00. The van der Waals surface area contributed by atoms with Gasteiger partial charge in [0.05, 0.1) is 0 Å². The molecule has 0 aromatic carbocycles. The van der Waals surface area contributed by atoms with E-state index >= 15 is 0 Å². The van der Waals surface area contributed by atoms with Crippen molar-refractivity contribution in [3.8, 4) is 0 Å². The van der Waals surface area contributed by atoms with E-state index in [-0.39, 0.29) is 0 Å². The maximum absolute atomic E-state index is 5.72. The maximum atomic E-state index is 5.72. The summed E-state index contributed by atoms with van der Waals surface area (Å²) in [7, 11) is 0. The van der Waals surface area contributed by atoms with E-state index in [2.05, 4.69) is 26.2 Å². The molecular formula is C14H28N2S. The molecule has 0 spiro atoms. The fourth-order valence-corrected chi connectivity index (χ4v) is 4.50. The van der Waals surface area contributed by atoms with E-state index < -0.39 is 0 Å². The first kappa shape index (κ1) is 13.7. The molecule has 2 rings (SSSR count). The highest BCUT2D eigenvalue weighted by Gasteiger charge is 2.40. The zero-order chi connectivity index (χ0) is 12.5. The fraction of sp³-hybridized carbons (Fsp3) is 1.00. The Balaban J connectivity index is 1.76. The van der Waals surface area contributed by atoms with Crippen LogP contribution in [0.5, 0.6) is 0 Å². The maximum Gasteiger partial charge on any atom is 0.0304 e. The lowest BCUT2D eigenvalue weighted by Gasteiger charge is -2.28. The number of hydrogen-bond acceptors (Lipinski definition) is 3. The van der Waals surface area contributed by atoms with Crippen molar-refractivity contribution in [2.45, 2.75) is 63.7 Å². The lowest BCUT2D eigenvalue weighted by molar-refractivity contribution is 0.286. The van der Waals surface area contributed by atoms with Crippen molar-refractivity contribution in [3.63, 3.8) is 0 Å². The number of thioether (sulfide) groups is 1. The molecule has 0 heterocycles. The van der Waals surface area contributed by atoms with Crippen molar-refractivity contribution in [1.82, 2.24) is 5.43 Å². The molecular weight excluding hydrogens is 228 g/mol. The summed E-state index contributed by atoms with van der Waals surface area (Å²) in [5.41, 5.74) is 3.04. The standard InChI is InChI=1S/C14H28N2S/c1-14(2,3)17-9-13(16-15)8-12-7-10-4-5-11(12)6-10/h10-13,16H,4-9,15H2,1-3H3. The van der Waals surface area contributed by atoms with Crippen LogP contribution in [0.2, 0.25) is 0 Å². The number of hydrogen-bond donors (Lipinski definition) is 2. The predicted molar refractivity (Wildman–Crippen MR) is 76.9 cm³/mol. The van der Waals surface area contributed by atoms with Crippen LogP contribution in [-0.2, 0) is 0 Å². The van der Waals surface area contributed by atoms with Gasteiger partial charge in [-0.25, -0.2) is 0 Å². The third kappa shape index (κ3) is 3.87. The fourth-order valence-electron chi connectivity index (χ4n) is 3.57. The molecule has 0 saturated heterocycles. The van der Waals surface area contributed by atoms with Gasteiger partial charge in [-0.1, -0.05) is 27.2 Å². The second-order valence-electron chi connectivity index (χ2n) is 6.96. The third-order valence-electron chi connectivity index (χ3n) is 4.43. The number of hydrazine groups is 1. The minimum absolute atomic E-state index is 0.351. The zero-order valence-corrected chi connectivity index (χ0v) is 12.4. The lowest BCUT2D eigenvalue weighted by Crippen LogP contribution is -2.40. The molecule has 0 radical (unpaired) electrons. The molecule has 4 atom stereocenters. The Hall–Kier alpha value is 0.270. The summed E-state index contributed by atoms with van der Waals surface area (Å²) < 4.78 is 0.351. The average molecular weight is 256 g/mol. The summed E-state index contributed by atoms with van der Waals surface area (Å²) in [6.07, 6.45) is 7.26.